The summed E-state index contributed by atoms with van der Waals surface area (Å²) in [5, 5.41) is 0. The summed E-state index contributed by atoms with van der Waals surface area (Å²) < 4.78 is 3.23. The van der Waals surface area contributed by atoms with Gasteiger partial charge in [0, 0.05) is 17.2 Å². The van der Waals surface area contributed by atoms with Crippen LogP contribution in [-0.2, 0) is 12.4 Å². The zero-order valence-electron chi connectivity index (χ0n) is 11.2. The second-order valence-corrected chi connectivity index (χ2v) is 7.29. The van der Waals surface area contributed by atoms with Gasteiger partial charge in [-0.25, -0.2) is 9.97 Å². The van der Waals surface area contributed by atoms with Gasteiger partial charge in [-0.05, 0) is 65.4 Å². The van der Waals surface area contributed by atoms with Gasteiger partial charge in [0.05, 0.1) is 5.88 Å². The van der Waals surface area contributed by atoms with E-state index >= 15 is 0 Å². The van der Waals surface area contributed by atoms with Crippen LogP contribution in [0.1, 0.15) is 31.5 Å². The summed E-state index contributed by atoms with van der Waals surface area (Å²) in [6.07, 6.45) is 7.47. The van der Waals surface area contributed by atoms with E-state index in [0.717, 1.165) is 45.8 Å². The van der Waals surface area contributed by atoms with Gasteiger partial charge in [0.25, 0.3) is 0 Å². The molecule has 2 saturated carbocycles. The van der Waals surface area contributed by atoms with E-state index in [1.165, 1.54) is 25.7 Å². The molecule has 2 aromatic rings. The first-order valence-electron chi connectivity index (χ1n) is 7.33. The second-order valence-electron chi connectivity index (χ2n) is 6.11. The van der Waals surface area contributed by atoms with E-state index in [4.69, 9.17) is 11.6 Å². The predicted molar refractivity (Wildman–Crippen MR) is 83.7 cm³/mol. The highest BCUT2D eigenvalue weighted by Crippen LogP contribution is 2.50. The van der Waals surface area contributed by atoms with Crippen LogP contribution in [-0.4, -0.2) is 14.5 Å². The Bertz CT molecular complexity index is 634. The van der Waals surface area contributed by atoms with Crippen molar-refractivity contribution in [3.8, 4) is 0 Å². The fourth-order valence-corrected chi connectivity index (χ4v) is 3.79. The van der Waals surface area contributed by atoms with Gasteiger partial charge in [-0.3, -0.25) is 0 Å². The lowest BCUT2D eigenvalue weighted by Gasteiger charge is -2.17. The van der Waals surface area contributed by atoms with E-state index in [2.05, 4.69) is 30.5 Å². The summed E-state index contributed by atoms with van der Waals surface area (Å²) >= 11 is 9.56. The van der Waals surface area contributed by atoms with Gasteiger partial charge < -0.3 is 4.57 Å². The molecule has 106 valence electrons. The third kappa shape index (κ3) is 2.37. The molecule has 20 heavy (non-hydrogen) atoms. The molecule has 0 unspecified atom stereocenters. The standard InChI is InChI=1S/C15H17BrClN3/c16-11-5-13-15(18-7-11)20(14(6-17)19-13)8-12(9-1-2-9)10-3-4-10/h5,7,9-10,12H,1-4,6,8H2. The van der Waals surface area contributed by atoms with E-state index in [1.807, 2.05) is 12.3 Å². The maximum absolute atomic E-state index is 6.09. The van der Waals surface area contributed by atoms with Crippen molar-refractivity contribution in [1.29, 1.82) is 0 Å². The van der Waals surface area contributed by atoms with Gasteiger partial charge in [-0.1, -0.05) is 0 Å². The molecule has 0 saturated heterocycles. The molecule has 0 amide bonds. The van der Waals surface area contributed by atoms with Gasteiger partial charge in [0.1, 0.15) is 11.3 Å². The summed E-state index contributed by atoms with van der Waals surface area (Å²) in [5.74, 6) is 4.08. The summed E-state index contributed by atoms with van der Waals surface area (Å²) in [6.45, 7) is 1.04. The number of halogens is 2. The first-order valence-corrected chi connectivity index (χ1v) is 8.65. The molecule has 2 aliphatic rings. The lowest BCUT2D eigenvalue weighted by Crippen LogP contribution is -2.17. The number of alkyl halides is 1. The molecule has 4 rings (SSSR count). The summed E-state index contributed by atoms with van der Waals surface area (Å²) in [5.41, 5.74) is 1.93. The Kier molecular flexibility index (Phi) is 3.26. The summed E-state index contributed by atoms with van der Waals surface area (Å²) in [6, 6.07) is 2.03. The number of hydrogen-bond acceptors (Lipinski definition) is 2. The number of aromatic nitrogens is 3. The Hall–Kier alpha value is -0.610. The quantitative estimate of drug-likeness (QED) is 0.747. The van der Waals surface area contributed by atoms with Crippen molar-refractivity contribution in [2.24, 2.45) is 17.8 Å². The van der Waals surface area contributed by atoms with Crippen molar-refractivity contribution in [2.75, 3.05) is 0 Å². The van der Waals surface area contributed by atoms with Crippen LogP contribution in [0.3, 0.4) is 0 Å². The molecule has 2 aliphatic carbocycles. The normalized spacial score (nSPS) is 19.1. The average Bonchev–Trinajstić information content (AvgIpc) is 3.33. The van der Waals surface area contributed by atoms with Crippen LogP contribution < -0.4 is 0 Å². The Morgan fingerprint density at radius 1 is 1.30 bits per heavy atom. The highest BCUT2D eigenvalue weighted by molar-refractivity contribution is 9.10. The Balaban J connectivity index is 1.73. The molecule has 0 aliphatic heterocycles. The van der Waals surface area contributed by atoms with Gasteiger partial charge in [-0.15, -0.1) is 11.6 Å². The van der Waals surface area contributed by atoms with Gasteiger partial charge in [0.15, 0.2) is 5.65 Å². The molecule has 5 heteroatoms. The molecule has 0 bridgehead atoms. The average molecular weight is 355 g/mol. The van der Waals surface area contributed by atoms with Crippen LogP contribution in [0.4, 0.5) is 0 Å². The van der Waals surface area contributed by atoms with Crippen LogP contribution in [0.2, 0.25) is 0 Å². The predicted octanol–water partition coefficient (Wildman–Crippen LogP) is 4.37. The van der Waals surface area contributed by atoms with Crippen molar-refractivity contribution < 1.29 is 0 Å². The van der Waals surface area contributed by atoms with Crippen molar-refractivity contribution in [3.63, 3.8) is 0 Å². The fraction of sp³-hybridized carbons (Fsp3) is 0.600. The SMILES string of the molecule is ClCc1nc2cc(Br)cnc2n1CC(C1CC1)C1CC1. The molecule has 0 aromatic carbocycles. The topological polar surface area (TPSA) is 30.7 Å². The highest BCUT2D eigenvalue weighted by Gasteiger charge is 2.41. The van der Waals surface area contributed by atoms with E-state index in [1.54, 1.807) is 0 Å². The number of nitrogens with zero attached hydrogens (tertiary/aromatic N) is 3. The largest absolute Gasteiger partial charge is 0.311 e. The minimum atomic E-state index is 0.454. The number of imidazole rings is 1. The minimum Gasteiger partial charge on any atom is -0.311 e. The lowest BCUT2D eigenvalue weighted by molar-refractivity contribution is 0.349. The third-order valence-corrected chi connectivity index (χ3v) is 5.27. The molecule has 0 radical (unpaired) electrons. The Morgan fingerprint density at radius 3 is 2.60 bits per heavy atom. The van der Waals surface area contributed by atoms with Crippen LogP contribution in [0.25, 0.3) is 11.2 Å². The lowest BCUT2D eigenvalue weighted by atomic mass is 9.98. The second kappa shape index (κ2) is 4.99. The first-order chi connectivity index (χ1) is 9.76. The highest BCUT2D eigenvalue weighted by atomic mass is 79.9. The zero-order chi connectivity index (χ0) is 13.7. The molecule has 0 spiro atoms. The van der Waals surface area contributed by atoms with E-state index in [0.29, 0.717) is 5.88 Å². The van der Waals surface area contributed by atoms with E-state index < -0.39 is 0 Å². The molecule has 0 N–H and O–H groups in total. The Morgan fingerprint density at radius 2 is 2.00 bits per heavy atom. The van der Waals surface area contributed by atoms with Crippen molar-refractivity contribution >= 4 is 38.7 Å². The maximum atomic E-state index is 6.09. The molecule has 2 fully saturated rings. The molecular weight excluding hydrogens is 338 g/mol. The van der Waals surface area contributed by atoms with E-state index in [9.17, 15) is 0 Å². The number of fused-ring (bicyclic) bond motifs is 1. The molecular formula is C15H17BrClN3. The first kappa shape index (κ1) is 13.1. The van der Waals surface area contributed by atoms with Crippen LogP contribution in [0.5, 0.6) is 0 Å². The van der Waals surface area contributed by atoms with Crippen molar-refractivity contribution in [3.05, 3.63) is 22.6 Å². The van der Waals surface area contributed by atoms with Gasteiger partial charge in [-0.2, -0.15) is 0 Å². The minimum absolute atomic E-state index is 0.454. The van der Waals surface area contributed by atoms with Crippen molar-refractivity contribution in [2.45, 2.75) is 38.1 Å². The van der Waals surface area contributed by atoms with Crippen LogP contribution >= 0.6 is 27.5 Å². The third-order valence-electron chi connectivity index (χ3n) is 4.60. The number of pyridine rings is 1. The maximum Gasteiger partial charge on any atom is 0.160 e. The van der Waals surface area contributed by atoms with Crippen molar-refractivity contribution in [1.82, 2.24) is 14.5 Å². The molecule has 2 aromatic heterocycles. The summed E-state index contributed by atoms with van der Waals surface area (Å²) in [7, 11) is 0. The molecule has 0 atom stereocenters. The van der Waals surface area contributed by atoms with Gasteiger partial charge >= 0.3 is 0 Å². The Labute approximate surface area is 131 Å². The monoisotopic (exact) mass is 353 g/mol. The zero-order valence-corrected chi connectivity index (χ0v) is 13.6. The number of hydrogen-bond donors (Lipinski definition) is 0. The van der Waals surface area contributed by atoms with E-state index in [-0.39, 0.29) is 0 Å². The van der Waals surface area contributed by atoms with Crippen LogP contribution in [0, 0.1) is 17.8 Å². The summed E-state index contributed by atoms with van der Waals surface area (Å²) in [4.78, 5) is 9.20. The smallest absolute Gasteiger partial charge is 0.160 e. The number of rotatable bonds is 5. The molecule has 2 heterocycles. The van der Waals surface area contributed by atoms with Crippen LogP contribution in [0.15, 0.2) is 16.7 Å². The molecule has 3 nitrogen and oxygen atoms in total. The fourth-order valence-electron chi connectivity index (χ4n) is 3.27. The van der Waals surface area contributed by atoms with Gasteiger partial charge in [0.2, 0.25) is 0 Å².